The zero-order valence-corrected chi connectivity index (χ0v) is 12.7. The Hall–Kier alpha value is -2.24. The third-order valence-corrected chi connectivity index (χ3v) is 3.74. The molecular weight excluding hydrogens is 295 g/mol. The van der Waals surface area contributed by atoms with Gasteiger partial charge in [-0.3, -0.25) is 4.98 Å². The summed E-state index contributed by atoms with van der Waals surface area (Å²) in [6.45, 7) is 1.28. The van der Waals surface area contributed by atoms with Crippen LogP contribution in [0.2, 0.25) is 0 Å². The van der Waals surface area contributed by atoms with Crippen LogP contribution in [0.1, 0.15) is 11.5 Å². The molecule has 5 heteroatoms. The van der Waals surface area contributed by atoms with E-state index in [1.807, 2.05) is 24.3 Å². The molecule has 1 aromatic carbocycles. The topological polar surface area (TPSA) is 58.3 Å². The second-order valence-electron chi connectivity index (χ2n) is 5.60. The fraction of sp³-hybridized carbons (Fsp3) is 0.278. The van der Waals surface area contributed by atoms with Crippen molar-refractivity contribution in [3.8, 4) is 0 Å². The monoisotopic (exact) mass is 314 g/mol. The molecule has 2 heterocycles. The summed E-state index contributed by atoms with van der Waals surface area (Å²) in [5.41, 5.74) is 1.64. The van der Waals surface area contributed by atoms with Crippen LogP contribution in [0.3, 0.4) is 0 Å². The Morgan fingerprint density at radius 1 is 1.22 bits per heavy atom. The van der Waals surface area contributed by atoms with E-state index in [9.17, 15) is 9.50 Å². The lowest BCUT2D eigenvalue weighted by Crippen LogP contribution is -2.26. The van der Waals surface area contributed by atoms with Crippen LogP contribution in [0.25, 0.3) is 11.0 Å². The van der Waals surface area contributed by atoms with Crippen molar-refractivity contribution in [2.75, 3.05) is 13.2 Å². The molecule has 0 aliphatic carbocycles. The quantitative estimate of drug-likeness (QED) is 0.704. The van der Waals surface area contributed by atoms with Gasteiger partial charge < -0.3 is 14.8 Å². The molecule has 0 bridgehead atoms. The van der Waals surface area contributed by atoms with Gasteiger partial charge in [-0.1, -0.05) is 6.07 Å². The normalized spacial score (nSPS) is 12.6. The van der Waals surface area contributed by atoms with Gasteiger partial charge in [-0.15, -0.1) is 0 Å². The maximum Gasteiger partial charge on any atom is 0.134 e. The van der Waals surface area contributed by atoms with Crippen LogP contribution in [-0.4, -0.2) is 23.2 Å². The van der Waals surface area contributed by atoms with E-state index < -0.39 is 0 Å². The molecule has 120 valence electrons. The van der Waals surface area contributed by atoms with Gasteiger partial charge in [0.1, 0.15) is 17.2 Å². The first-order chi connectivity index (χ1) is 11.2. The fourth-order valence-electron chi connectivity index (χ4n) is 2.57. The number of nitrogens with zero attached hydrogens (tertiary/aromatic N) is 1. The lowest BCUT2D eigenvalue weighted by Gasteiger charge is -2.14. The summed E-state index contributed by atoms with van der Waals surface area (Å²) in [5, 5.41) is 13.5. The summed E-state index contributed by atoms with van der Waals surface area (Å²) >= 11 is 0. The first-order valence-electron chi connectivity index (χ1n) is 7.64. The molecule has 0 fully saturated rings. The summed E-state index contributed by atoms with van der Waals surface area (Å²) in [6, 6.07) is 12.1. The molecule has 0 spiro atoms. The van der Waals surface area contributed by atoms with Gasteiger partial charge in [-0.2, -0.15) is 0 Å². The van der Waals surface area contributed by atoms with E-state index in [0.29, 0.717) is 18.7 Å². The fourth-order valence-corrected chi connectivity index (χ4v) is 2.57. The molecule has 0 saturated heterocycles. The van der Waals surface area contributed by atoms with Gasteiger partial charge >= 0.3 is 0 Å². The third kappa shape index (κ3) is 4.15. The van der Waals surface area contributed by atoms with Crippen molar-refractivity contribution in [3.63, 3.8) is 0 Å². The minimum absolute atomic E-state index is 0.0896. The molecule has 1 atom stereocenters. The van der Waals surface area contributed by atoms with Crippen molar-refractivity contribution >= 4 is 11.0 Å². The Kier molecular flexibility index (Phi) is 5.00. The Bertz CT molecular complexity index is 758. The summed E-state index contributed by atoms with van der Waals surface area (Å²) in [6.07, 6.45) is 2.47. The number of hydrogen-bond donors (Lipinski definition) is 2. The van der Waals surface area contributed by atoms with Crippen LogP contribution in [0, 0.1) is 11.7 Å². The number of furan rings is 1. The first kappa shape index (κ1) is 15.6. The van der Waals surface area contributed by atoms with Crippen molar-refractivity contribution in [2.45, 2.75) is 13.0 Å². The average molecular weight is 314 g/mol. The molecule has 23 heavy (non-hydrogen) atoms. The van der Waals surface area contributed by atoms with Gasteiger partial charge in [0, 0.05) is 30.4 Å². The highest BCUT2D eigenvalue weighted by molar-refractivity contribution is 5.77. The minimum Gasteiger partial charge on any atom is -0.460 e. The summed E-state index contributed by atoms with van der Waals surface area (Å²) in [4.78, 5) is 4.28. The zero-order valence-electron chi connectivity index (χ0n) is 12.7. The van der Waals surface area contributed by atoms with Crippen LogP contribution in [0.15, 0.2) is 53.1 Å². The number of hydrogen-bond acceptors (Lipinski definition) is 4. The van der Waals surface area contributed by atoms with E-state index in [0.717, 1.165) is 23.3 Å². The van der Waals surface area contributed by atoms with Gasteiger partial charge in [-0.25, -0.2) is 4.39 Å². The number of aromatic nitrogens is 1. The Labute approximate surface area is 134 Å². The van der Waals surface area contributed by atoms with Crippen molar-refractivity contribution < 1.29 is 13.9 Å². The largest absolute Gasteiger partial charge is 0.460 e. The SMILES string of the molecule is OCC(CNCc1cc2cc(F)ccc2o1)Cc1ccccn1. The standard InChI is InChI=1S/C18H19FN2O2/c19-15-4-5-18-14(8-15)9-17(23-18)11-20-10-13(12-22)7-16-3-1-2-6-21-16/h1-6,8-9,13,20,22H,7,10-12H2. The van der Waals surface area contributed by atoms with Gasteiger partial charge in [0.05, 0.1) is 6.54 Å². The molecule has 0 radical (unpaired) electrons. The van der Waals surface area contributed by atoms with Crippen molar-refractivity contribution in [3.05, 3.63) is 65.9 Å². The van der Waals surface area contributed by atoms with Gasteiger partial charge in [0.25, 0.3) is 0 Å². The number of halogens is 1. The molecular formula is C18H19FN2O2. The lowest BCUT2D eigenvalue weighted by molar-refractivity contribution is 0.220. The maximum absolute atomic E-state index is 13.2. The Morgan fingerprint density at radius 3 is 2.91 bits per heavy atom. The number of aliphatic hydroxyl groups excluding tert-OH is 1. The third-order valence-electron chi connectivity index (χ3n) is 3.74. The molecule has 0 amide bonds. The molecule has 2 N–H and O–H groups in total. The van der Waals surface area contributed by atoms with E-state index in [-0.39, 0.29) is 18.3 Å². The average Bonchev–Trinajstić information content (AvgIpc) is 2.96. The highest BCUT2D eigenvalue weighted by Gasteiger charge is 2.10. The second-order valence-corrected chi connectivity index (χ2v) is 5.60. The van der Waals surface area contributed by atoms with Gasteiger partial charge in [0.2, 0.25) is 0 Å². The molecule has 4 nitrogen and oxygen atoms in total. The van der Waals surface area contributed by atoms with Crippen LogP contribution in [0.4, 0.5) is 4.39 Å². The van der Waals surface area contributed by atoms with E-state index >= 15 is 0 Å². The minimum atomic E-state index is -0.270. The van der Waals surface area contributed by atoms with Gasteiger partial charge in [0.15, 0.2) is 0 Å². The van der Waals surface area contributed by atoms with Crippen LogP contribution < -0.4 is 5.32 Å². The number of benzene rings is 1. The first-order valence-corrected chi connectivity index (χ1v) is 7.64. The molecule has 0 saturated carbocycles. The number of pyridine rings is 1. The van der Waals surface area contributed by atoms with Crippen LogP contribution >= 0.6 is 0 Å². The summed E-state index contributed by atoms with van der Waals surface area (Å²) < 4.78 is 18.8. The van der Waals surface area contributed by atoms with Crippen molar-refractivity contribution in [1.82, 2.24) is 10.3 Å². The Morgan fingerprint density at radius 2 is 2.13 bits per heavy atom. The second kappa shape index (κ2) is 7.35. The Balaban J connectivity index is 1.54. The zero-order chi connectivity index (χ0) is 16.1. The highest BCUT2D eigenvalue weighted by atomic mass is 19.1. The van der Waals surface area contributed by atoms with Crippen molar-refractivity contribution in [1.29, 1.82) is 0 Å². The van der Waals surface area contributed by atoms with Crippen LogP contribution in [-0.2, 0) is 13.0 Å². The summed E-state index contributed by atoms with van der Waals surface area (Å²) in [5.74, 6) is 0.570. The number of rotatable bonds is 7. The predicted molar refractivity (Wildman–Crippen MR) is 86.4 cm³/mol. The molecule has 0 aliphatic rings. The molecule has 0 aliphatic heterocycles. The maximum atomic E-state index is 13.2. The van der Waals surface area contributed by atoms with E-state index in [4.69, 9.17) is 4.42 Å². The number of nitrogens with one attached hydrogen (secondary N) is 1. The van der Waals surface area contributed by atoms with Crippen molar-refractivity contribution in [2.24, 2.45) is 5.92 Å². The molecule has 3 rings (SSSR count). The summed E-state index contributed by atoms with van der Waals surface area (Å²) in [7, 11) is 0. The predicted octanol–water partition coefficient (Wildman–Crippen LogP) is 2.91. The number of aliphatic hydroxyl groups is 1. The number of fused-ring (bicyclic) bond motifs is 1. The molecule has 1 unspecified atom stereocenters. The van der Waals surface area contributed by atoms with E-state index in [1.165, 1.54) is 12.1 Å². The van der Waals surface area contributed by atoms with Gasteiger partial charge in [-0.05, 0) is 48.7 Å². The van der Waals surface area contributed by atoms with E-state index in [2.05, 4.69) is 10.3 Å². The van der Waals surface area contributed by atoms with Crippen LogP contribution in [0.5, 0.6) is 0 Å². The molecule has 3 aromatic rings. The van der Waals surface area contributed by atoms with E-state index in [1.54, 1.807) is 12.3 Å². The highest BCUT2D eigenvalue weighted by Crippen LogP contribution is 2.20. The smallest absolute Gasteiger partial charge is 0.134 e. The lowest BCUT2D eigenvalue weighted by atomic mass is 10.0. The molecule has 2 aromatic heterocycles.